The van der Waals surface area contributed by atoms with Gasteiger partial charge in [-0.1, -0.05) is 30.3 Å². The van der Waals surface area contributed by atoms with Gasteiger partial charge in [-0.2, -0.15) is 23.5 Å². The molecular weight excluding hydrogens is 542 g/mol. The van der Waals surface area contributed by atoms with Crippen molar-refractivity contribution in [2.24, 2.45) is 22.2 Å². The molecule has 0 aliphatic heterocycles. The number of amides is 3. The second kappa shape index (κ2) is 19.1. The van der Waals surface area contributed by atoms with Crippen molar-refractivity contribution in [1.82, 2.24) is 16.0 Å². The smallest absolute Gasteiger partial charge is 0.326 e. The van der Waals surface area contributed by atoms with Gasteiger partial charge >= 0.3 is 5.97 Å². The Bertz CT molecular complexity index is 948. The predicted molar refractivity (Wildman–Crippen MR) is 157 cm³/mol. The van der Waals surface area contributed by atoms with Crippen LogP contribution in [-0.4, -0.2) is 89.5 Å². The molecule has 39 heavy (non-hydrogen) atoms. The van der Waals surface area contributed by atoms with Crippen molar-refractivity contribution in [3.05, 3.63) is 35.9 Å². The van der Waals surface area contributed by atoms with E-state index in [0.29, 0.717) is 30.9 Å². The van der Waals surface area contributed by atoms with Gasteiger partial charge in [-0.3, -0.25) is 19.4 Å². The van der Waals surface area contributed by atoms with Crippen LogP contribution in [0.1, 0.15) is 31.2 Å². The topological polar surface area (TPSA) is 215 Å². The summed E-state index contributed by atoms with van der Waals surface area (Å²) < 4.78 is 0. The normalized spacial score (nSPS) is 13.8. The van der Waals surface area contributed by atoms with E-state index in [2.05, 4.69) is 20.9 Å². The first kappa shape index (κ1) is 34.1. The molecule has 218 valence electrons. The molecule has 0 aliphatic rings. The lowest BCUT2D eigenvalue weighted by molar-refractivity contribution is -0.142. The number of aliphatic carboxylic acids is 1. The standard InChI is InChI=1S/C25H41N7O5S2/c1-38-13-10-18(22(34)31-19(24(36)37)11-14-39-2)30-23(35)20(15-16-7-4-3-5-8-16)32-21(33)17(26)9-6-12-29-25(27)28/h3-5,7-8,17-20H,6,9-15,26H2,1-2H3,(H,30,35)(H,31,34)(H,32,33)(H,36,37)(H4,27,28,29). The van der Waals surface area contributed by atoms with Crippen molar-refractivity contribution in [3.63, 3.8) is 0 Å². The molecule has 10 N–H and O–H groups in total. The summed E-state index contributed by atoms with van der Waals surface area (Å²) in [7, 11) is 0. The van der Waals surface area contributed by atoms with Gasteiger partial charge in [-0.15, -0.1) is 0 Å². The molecule has 0 radical (unpaired) electrons. The van der Waals surface area contributed by atoms with Crippen LogP contribution in [0.25, 0.3) is 0 Å². The van der Waals surface area contributed by atoms with E-state index in [0.717, 1.165) is 5.56 Å². The van der Waals surface area contributed by atoms with Crippen LogP contribution < -0.4 is 33.2 Å². The van der Waals surface area contributed by atoms with Crippen LogP contribution >= 0.6 is 23.5 Å². The Hall–Kier alpha value is -2.97. The molecular formula is C25H41N7O5S2. The summed E-state index contributed by atoms with van der Waals surface area (Å²) in [6, 6.07) is 5.15. The summed E-state index contributed by atoms with van der Waals surface area (Å²) in [5.41, 5.74) is 17.5. The molecule has 3 amide bonds. The van der Waals surface area contributed by atoms with E-state index >= 15 is 0 Å². The highest BCUT2D eigenvalue weighted by molar-refractivity contribution is 7.98. The van der Waals surface area contributed by atoms with Crippen molar-refractivity contribution in [2.75, 3.05) is 30.6 Å². The van der Waals surface area contributed by atoms with E-state index in [4.69, 9.17) is 17.2 Å². The number of carboxylic acids is 1. The number of nitrogens with one attached hydrogen (secondary N) is 3. The molecule has 0 fully saturated rings. The summed E-state index contributed by atoms with van der Waals surface area (Å²) in [6.45, 7) is 0.317. The van der Waals surface area contributed by atoms with Gasteiger partial charge in [0.15, 0.2) is 5.96 Å². The van der Waals surface area contributed by atoms with E-state index in [9.17, 15) is 24.3 Å². The highest BCUT2D eigenvalue weighted by atomic mass is 32.2. The minimum absolute atomic E-state index is 0.0494. The van der Waals surface area contributed by atoms with Gasteiger partial charge in [0.25, 0.3) is 0 Å². The minimum Gasteiger partial charge on any atom is -0.480 e. The molecule has 12 nitrogen and oxygen atoms in total. The minimum atomic E-state index is -1.14. The number of nitrogens with zero attached hydrogens (tertiary/aromatic N) is 1. The molecule has 0 aliphatic carbocycles. The van der Waals surface area contributed by atoms with Crippen LogP contribution in [0, 0.1) is 0 Å². The Morgan fingerprint density at radius 2 is 1.38 bits per heavy atom. The van der Waals surface area contributed by atoms with Gasteiger partial charge in [0.2, 0.25) is 17.7 Å². The van der Waals surface area contributed by atoms with Crippen LogP contribution in [0.2, 0.25) is 0 Å². The monoisotopic (exact) mass is 583 g/mol. The number of rotatable bonds is 19. The molecule has 0 spiro atoms. The maximum Gasteiger partial charge on any atom is 0.326 e. The van der Waals surface area contributed by atoms with Gasteiger partial charge in [0.1, 0.15) is 18.1 Å². The number of hydrogen-bond donors (Lipinski definition) is 7. The summed E-state index contributed by atoms with van der Waals surface area (Å²) in [4.78, 5) is 54.8. The lowest BCUT2D eigenvalue weighted by Crippen LogP contribution is -2.57. The number of guanidine groups is 1. The van der Waals surface area contributed by atoms with E-state index < -0.39 is 47.9 Å². The van der Waals surface area contributed by atoms with Crippen LogP contribution in [0.5, 0.6) is 0 Å². The Morgan fingerprint density at radius 3 is 1.95 bits per heavy atom. The highest BCUT2D eigenvalue weighted by Crippen LogP contribution is 2.08. The van der Waals surface area contributed by atoms with Gasteiger partial charge in [-0.25, -0.2) is 4.79 Å². The first-order valence-corrected chi connectivity index (χ1v) is 15.3. The maximum atomic E-state index is 13.4. The second-order valence-electron chi connectivity index (χ2n) is 8.83. The number of carbonyl (C=O) groups is 4. The second-order valence-corrected chi connectivity index (χ2v) is 10.8. The SMILES string of the molecule is CSCCC(NC(=O)C(CCSC)NC(=O)C(Cc1ccccc1)NC(=O)C(N)CCCN=C(N)N)C(=O)O. The summed E-state index contributed by atoms with van der Waals surface area (Å²) >= 11 is 2.96. The average Bonchev–Trinajstić information content (AvgIpc) is 2.90. The van der Waals surface area contributed by atoms with E-state index in [1.54, 1.807) is 0 Å². The zero-order chi connectivity index (χ0) is 29.2. The Kier molecular flexibility index (Phi) is 16.7. The third-order valence-electron chi connectivity index (χ3n) is 5.69. The molecule has 1 rings (SSSR count). The molecule has 0 saturated heterocycles. The fraction of sp³-hybridized carbons (Fsp3) is 0.560. The molecule has 1 aromatic carbocycles. The molecule has 14 heteroatoms. The Balaban J connectivity index is 3.01. The molecule has 0 bridgehead atoms. The van der Waals surface area contributed by atoms with E-state index in [1.807, 2.05) is 42.8 Å². The Labute approximate surface area is 238 Å². The van der Waals surface area contributed by atoms with Crippen molar-refractivity contribution in [2.45, 2.75) is 56.3 Å². The van der Waals surface area contributed by atoms with Crippen molar-refractivity contribution in [1.29, 1.82) is 0 Å². The van der Waals surface area contributed by atoms with Crippen LogP contribution in [0.4, 0.5) is 0 Å². The van der Waals surface area contributed by atoms with Gasteiger partial charge < -0.3 is 38.3 Å². The van der Waals surface area contributed by atoms with E-state index in [1.165, 1.54) is 23.5 Å². The van der Waals surface area contributed by atoms with Crippen LogP contribution in [0.3, 0.4) is 0 Å². The largest absolute Gasteiger partial charge is 0.480 e. The number of hydrogen-bond acceptors (Lipinski definition) is 8. The predicted octanol–water partition coefficient (Wildman–Crippen LogP) is -0.345. The van der Waals surface area contributed by atoms with Crippen molar-refractivity contribution >= 4 is 53.2 Å². The number of thioether (sulfide) groups is 2. The number of aliphatic imine (C=N–C) groups is 1. The Morgan fingerprint density at radius 1 is 0.846 bits per heavy atom. The molecule has 4 atom stereocenters. The van der Waals surface area contributed by atoms with Crippen molar-refractivity contribution in [3.8, 4) is 0 Å². The number of carboxylic acid groups (broad SMARTS) is 1. The first-order valence-electron chi connectivity index (χ1n) is 12.6. The molecule has 4 unspecified atom stereocenters. The molecule has 0 saturated carbocycles. The van der Waals surface area contributed by atoms with Gasteiger partial charge in [-0.05, 0) is 55.3 Å². The summed E-state index contributed by atoms with van der Waals surface area (Å²) in [6.07, 6.45) is 5.18. The fourth-order valence-corrected chi connectivity index (χ4v) is 4.47. The zero-order valence-electron chi connectivity index (χ0n) is 22.4. The van der Waals surface area contributed by atoms with E-state index in [-0.39, 0.29) is 25.2 Å². The van der Waals surface area contributed by atoms with Crippen LogP contribution in [-0.2, 0) is 25.6 Å². The van der Waals surface area contributed by atoms with Crippen molar-refractivity contribution < 1.29 is 24.3 Å². The number of carbonyl (C=O) groups excluding carboxylic acids is 3. The maximum absolute atomic E-state index is 13.4. The first-order chi connectivity index (χ1) is 18.6. The molecule has 0 aromatic heterocycles. The summed E-state index contributed by atoms with van der Waals surface area (Å²) in [5, 5.41) is 17.5. The molecule has 0 heterocycles. The molecule has 1 aromatic rings. The third-order valence-corrected chi connectivity index (χ3v) is 6.98. The fourth-order valence-electron chi connectivity index (χ4n) is 3.53. The number of benzene rings is 1. The highest BCUT2D eigenvalue weighted by Gasteiger charge is 2.30. The van der Waals surface area contributed by atoms with Gasteiger partial charge in [0.05, 0.1) is 6.04 Å². The van der Waals surface area contributed by atoms with Crippen LogP contribution in [0.15, 0.2) is 35.3 Å². The lowest BCUT2D eigenvalue weighted by atomic mass is 10.0. The quantitative estimate of drug-likeness (QED) is 0.0638. The third kappa shape index (κ3) is 14.1. The van der Waals surface area contributed by atoms with Gasteiger partial charge in [0, 0.05) is 13.0 Å². The lowest BCUT2D eigenvalue weighted by Gasteiger charge is -2.25. The average molecular weight is 584 g/mol. The summed E-state index contributed by atoms with van der Waals surface area (Å²) in [5.74, 6) is -1.77. The number of nitrogens with two attached hydrogens (primary N) is 3. The zero-order valence-corrected chi connectivity index (χ0v) is 24.1.